The molecule has 3 rings (SSSR count). The molecule has 0 bridgehead atoms. The Morgan fingerprint density at radius 2 is 1.91 bits per heavy atom. The third-order valence-electron chi connectivity index (χ3n) is 3.58. The zero-order valence-corrected chi connectivity index (χ0v) is 13.2. The fourth-order valence-corrected chi connectivity index (χ4v) is 3.60. The van der Waals surface area contributed by atoms with E-state index >= 15 is 0 Å². The van der Waals surface area contributed by atoms with Gasteiger partial charge in [0.05, 0.1) is 11.8 Å². The number of carbonyl (C=O) groups is 1. The highest BCUT2D eigenvalue weighted by molar-refractivity contribution is 7.22. The summed E-state index contributed by atoms with van der Waals surface area (Å²) in [6, 6.07) is 9.67. The molecule has 5 nitrogen and oxygen atoms in total. The quantitative estimate of drug-likeness (QED) is 0.414. The molecule has 0 aliphatic carbocycles. The van der Waals surface area contributed by atoms with E-state index in [1.807, 2.05) is 30.3 Å². The first-order valence-corrected chi connectivity index (χ1v) is 7.53. The summed E-state index contributed by atoms with van der Waals surface area (Å²) in [6.45, 7) is 3.32. The predicted molar refractivity (Wildman–Crippen MR) is 84.8 cm³/mol. The fourth-order valence-electron chi connectivity index (χ4n) is 2.40. The molecule has 0 spiro atoms. The SMILES string of the molecule is COC(=O)c1c(C)[n+]([O-])c(C)c2nc(-c3ccccc3)sc12. The molecule has 0 saturated carbocycles. The third kappa shape index (κ3) is 2.12. The van der Waals surface area contributed by atoms with Crippen LogP contribution in [0.4, 0.5) is 0 Å². The van der Waals surface area contributed by atoms with Crippen LogP contribution in [0.1, 0.15) is 21.7 Å². The molecule has 6 heteroatoms. The Morgan fingerprint density at radius 1 is 1.23 bits per heavy atom. The van der Waals surface area contributed by atoms with Crippen molar-refractivity contribution in [2.45, 2.75) is 13.8 Å². The Morgan fingerprint density at radius 3 is 2.55 bits per heavy atom. The number of benzene rings is 1. The van der Waals surface area contributed by atoms with Crippen molar-refractivity contribution in [1.82, 2.24) is 4.98 Å². The number of pyridine rings is 1. The van der Waals surface area contributed by atoms with Gasteiger partial charge in [0.25, 0.3) is 0 Å². The number of aromatic nitrogens is 2. The fraction of sp³-hybridized carbons (Fsp3) is 0.188. The van der Waals surface area contributed by atoms with E-state index in [-0.39, 0.29) is 5.56 Å². The van der Waals surface area contributed by atoms with E-state index in [0.29, 0.717) is 21.6 Å². The minimum Gasteiger partial charge on any atom is -0.618 e. The molecular weight excluding hydrogens is 300 g/mol. The first kappa shape index (κ1) is 14.5. The van der Waals surface area contributed by atoms with Crippen molar-refractivity contribution in [3.05, 3.63) is 52.5 Å². The van der Waals surface area contributed by atoms with Gasteiger partial charge in [-0.3, -0.25) is 0 Å². The maximum atomic E-state index is 12.2. The number of methoxy groups -OCH3 is 1. The van der Waals surface area contributed by atoms with E-state index in [1.54, 1.807) is 13.8 Å². The lowest BCUT2D eigenvalue weighted by molar-refractivity contribution is -0.617. The molecule has 112 valence electrons. The summed E-state index contributed by atoms with van der Waals surface area (Å²) >= 11 is 1.39. The summed E-state index contributed by atoms with van der Waals surface area (Å²) in [5.41, 5.74) is 2.61. The van der Waals surface area contributed by atoms with Gasteiger partial charge in [0, 0.05) is 19.4 Å². The Labute approximate surface area is 131 Å². The van der Waals surface area contributed by atoms with Crippen LogP contribution in [0.2, 0.25) is 0 Å². The van der Waals surface area contributed by atoms with Crippen molar-refractivity contribution >= 4 is 27.5 Å². The molecule has 3 aromatic rings. The van der Waals surface area contributed by atoms with Crippen molar-refractivity contribution in [2.24, 2.45) is 0 Å². The largest absolute Gasteiger partial charge is 0.618 e. The van der Waals surface area contributed by atoms with Crippen LogP contribution in [-0.4, -0.2) is 18.1 Å². The lowest BCUT2D eigenvalue weighted by Crippen LogP contribution is -2.36. The monoisotopic (exact) mass is 314 g/mol. The maximum Gasteiger partial charge on any atom is 0.345 e. The van der Waals surface area contributed by atoms with Crippen molar-refractivity contribution < 1.29 is 14.3 Å². The highest BCUT2D eigenvalue weighted by Gasteiger charge is 2.27. The van der Waals surface area contributed by atoms with Crippen LogP contribution >= 0.6 is 11.3 Å². The number of thiazole rings is 1. The smallest absolute Gasteiger partial charge is 0.345 e. The number of ether oxygens (including phenoxy) is 1. The molecule has 1 aromatic carbocycles. The first-order valence-electron chi connectivity index (χ1n) is 6.71. The van der Waals surface area contributed by atoms with Gasteiger partial charge in [-0.2, -0.15) is 4.73 Å². The van der Waals surface area contributed by atoms with E-state index in [4.69, 9.17) is 4.74 Å². The van der Waals surface area contributed by atoms with Gasteiger partial charge in [0.2, 0.25) is 11.4 Å². The molecule has 0 saturated heterocycles. The highest BCUT2D eigenvalue weighted by atomic mass is 32.1. The summed E-state index contributed by atoms with van der Waals surface area (Å²) < 4.78 is 6.25. The van der Waals surface area contributed by atoms with E-state index in [2.05, 4.69) is 4.98 Å². The van der Waals surface area contributed by atoms with Gasteiger partial charge in [0.15, 0.2) is 5.52 Å². The minimum absolute atomic E-state index is 0.290. The maximum absolute atomic E-state index is 12.2. The second kappa shape index (κ2) is 5.38. The van der Waals surface area contributed by atoms with Gasteiger partial charge in [-0.1, -0.05) is 30.3 Å². The summed E-state index contributed by atoms with van der Waals surface area (Å²) in [5, 5.41) is 13.0. The minimum atomic E-state index is -0.518. The number of carbonyl (C=O) groups excluding carboxylic acids is 1. The van der Waals surface area contributed by atoms with Gasteiger partial charge in [-0.25, -0.2) is 9.78 Å². The second-order valence-corrected chi connectivity index (χ2v) is 5.89. The molecule has 0 aliphatic rings. The molecule has 0 fully saturated rings. The topological polar surface area (TPSA) is 66.1 Å². The number of esters is 1. The van der Waals surface area contributed by atoms with Crippen LogP contribution < -0.4 is 4.73 Å². The van der Waals surface area contributed by atoms with E-state index in [0.717, 1.165) is 15.3 Å². The van der Waals surface area contributed by atoms with Gasteiger partial charge < -0.3 is 9.94 Å². The van der Waals surface area contributed by atoms with Crippen LogP contribution in [0.3, 0.4) is 0 Å². The number of rotatable bonds is 2. The zero-order chi connectivity index (χ0) is 15.9. The molecule has 0 unspecified atom stereocenters. The molecule has 0 N–H and O–H groups in total. The van der Waals surface area contributed by atoms with Crippen LogP contribution in [0.15, 0.2) is 30.3 Å². The number of aryl methyl sites for hydroxylation is 1. The van der Waals surface area contributed by atoms with Gasteiger partial charge in [0.1, 0.15) is 10.6 Å². The average molecular weight is 314 g/mol. The number of nitrogens with zero attached hydrogens (tertiary/aromatic N) is 2. The standard InChI is InChI=1S/C16H14N2O3S/c1-9-12(16(19)21-3)14-13(10(2)18(9)20)17-15(22-14)11-7-5-4-6-8-11/h4-8H,1-3H3. The second-order valence-electron chi connectivity index (χ2n) is 4.89. The molecule has 0 atom stereocenters. The molecular formula is C16H14N2O3S. The number of fused-ring (bicyclic) bond motifs is 1. The Hall–Kier alpha value is -2.47. The van der Waals surface area contributed by atoms with E-state index < -0.39 is 5.97 Å². The number of hydrogen-bond acceptors (Lipinski definition) is 5. The van der Waals surface area contributed by atoms with Crippen LogP contribution in [-0.2, 0) is 4.74 Å². The molecule has 22 heavy (non-hydrogen) atoms. The third-order valence-corrected chi connectivity index (χ3v) is 4.70. The Kier molecular flexibility index (Phi) is 3.54. The summed E-state index contributed by atoms with van der Waals surface area (Å²) in [7, 11) is 1.31. The van der Waals surface area contributed by atoms with Crippen molar-refractivity contribution in [1.29, 1.82) is 0 Å². The zero-order valence-electron chi connectivity index (χ0n) is 12.4. The molecule has 0 radical (unpaired) electrons. The van der Waals surface area contributed by atoms with Gasteiger partial charge in [-0.05, 0) is 0 Å². The average Bonchev–Trinajstić information content (AvgIpc) is 2.98. The normalized spacial score (nSPS) is 10.9. The predicted octanol–water partition coefficient (Wildman–Crippen LogP) is 3.00. The highest BCUT2D eigenvalue weighted by Crippen LogP contribution is 2.34. The lowest BCUT2D eigenvalue weighted by Gasteiger charge is -2.08. The summed E-state index contributed by atoms with van der Waals surface area (Å²) in [6.07, 6.45) is 0. The summed E-state index contributed by atoms with van der Waals surface area (Å²) in [4.78, 5) is 16.6. The van der Waals surface area contributed by atoms with E-state index in [9.17, 15) is 10.0 Å². The lowest BCUT2D eigenvalue weighted by atomic mass is 10.1. The van der Waals surface area contributed by atoms with Crippen molar-refractivity contribution in [3.63, 3.8) is 0 Å². The molecule has 0 aliphatic heterocycles. The Balaban J connectivity index is 2.36. The molecule has 2 heterocycles. The van der Waals surface area contributed by atoms with E-state index in [1.165, 1.54) is 18.4 Å². The van der Waals surface area contributed by atoms with Crippen molar-refractivity contribution in [2.75, 3.05) is 7.11 Å². The Bertz CT molecular complexity index is 872. The van der Waals surface area contributed by atoms with Gasteiger partial charge >= 0.3 is 5.97 Å². The van der Waals surface area contributed by atoms with Crippen LogP contribution in [0.5, 0.6) is 0 Å². The first-order chi connectivity index (χ1) is 10.5. The molecule has 2 aromatic heterocycles. The van der Waals surface area contributed by atoms with Crippen molar-refractivity contribution in [3.8, 4) is 10.6 Å². The van der Waals surface area contributed by atoms with Crippen LogP contribution in [0.25, 0.3) is 20.8 Å². The molecule has 0 amide bonds. The van der Waals surface area contributed by atoms with Gasteiger partial charge in [-0.15, -0.1) is 11.3 Å². The number of hydrogen-bond donors (Lipinski definition) is 0. The van der Waals surface area contributed by atoms with Crippen LogP contribution in [0, 0.1) is 19.1 Å². The summed E-state index contributed by atoms with van der Waals surface area (Å²) in [5.74, 6) is -0.518.